The summed E-state index contributed by atoms with van der Waals surface area (Å²) in [6.07, 6.45) is 1.87. The molecule has 5 rings (SSSR count). The Kier molecular flexibility index (Phi) is 7.26. The van der Waals surface area contributed by atoms with Crippen LogP contribution in [0.2, 0.25) is 5.02 Å². The average molecular weight is 558 g/mol. The van der Waals surface area contributed by atoms with Crippen LogP contribution in [0.4, 0.5) is 24.8 Å². The van der Waals surface area contributed by atoms with Crippen LogP contribution in [0.25, 0.3) is 0 Å². The predicted molar refractivity (Wildman–Crippen MR) is 137 cm³/mol. The van der Waals surface area contributed by atoms with E-state index < -0.39 is 60.4 Å². The number of anilines is 2. The van der Waals surface area contributed by atoms with Crippen molar-refractivity contribution < 1.29 is 27.6 Å². The molecule has 202 valence electrons. The molecular weight excluding hydrogens is 535 g/mol. The molecule has 1 N–H and O–H groups in total. The van der Waals surface area contributed by atoms with Gasteiger partial charge in [0.1, 0.15) is 17.9 Å². The Morgan fingerprint density at radius 2 is 1.79 bits per heavy atom. The van der Waals surface area contributed by atoms with Crippen molar-refractivity contribution >= 4 is 41.0 Å². The lowest BCUT2D eigenvalue weighted by atomic mass is 9.87. The highest BCUT2D eigenvalue weighted by Gasteiger charge is 2.48. The van der Waals surface area contributed by atoms with Crippen molar-refractivity contribution in [1.29, 1.82) is 0 Å². The fourth-order valence-electron chi connectivity index (χ4n) is 4.91. The second-order valence-electron chi connectivity index (χ2n) is 9.45. The first kappa shape index (κ1) is 26.6. The van der Waals surface area contributed by atoms with Gasteiger partial charge in [-0.15, -0.1) is 0 Å². The van der Waals surface area contributed by atoms with Crippen molar-refractivity contribution in [2.24, 2.45) is 0 Å². The highest BCUT2D eigenvalue weighted by atomic mass is 35.5. The Morgan fingerprint density at radius 3 is 2.46 bits per heavy atom. The third-order valence-electron chi connectivity index (χ3n) is 6.73. The molecule has 2 atom stereocenters. The summed E-state index contributed by atoms with van der Waals surface area (Å²) in [5, 5.41) is 2.73. The van der Waals surface area contributed by atoms with Gasteiger partial charge in [-0.05, 0) is 36.8 Å². The van der Waals surface area contributed by atoms with Crippen LogP contribution < -0.4 is 15.1 Å². The maximum absolute atomic E-state index is 14.4. The lowest BCUT2D eigenvalue weighted by Crippen LogP contribution is -2.56. The number of rotatable bonds is 7. The van der Waals surface area contributed by atoms with Gasteiger partial charge in [-0.1, -0.05) is 35.9 Å². The number of carbonyl (C=O) groups excluding carboxylic acids is 3. The molecule has 39 heavy (non-hydrogen) atoms. The fourth-order valence-corrected chi connectivity index (χ4v) is 5.15. The molecule has 0 bridgehead atoms. The van der Waals surface area contributed by atoms with E-state index in [1.165, 1.54) is 42.7 Å². The zero-order chi connectivity index (χ0) is 27.7. The molecule has 3 aromatic rings. The second kappa shape index (κ2) is 10.6. The van der Waals surface area contributed by atoms with Crippen LogP contribution in [0.15, 0.2) is 67.0 Å². The molecule has 3 amide bonds. The SMILES string of the molecule is O=C(NC1CC(F)(F)C1)C(c1ccccc1Cl)N(C(=O)C1CCC(=O)N1c1ncccn1)c1cccc(F)c1. The van der Waals surface area contributed by atoms with E-state index in [2.05, 4.69) is 15.3 Å². The van der Waals surface area contributed by atoms with Gasteiger partial charge in [0.15, 0.2) is 0 Å². The number of halogens is 4. The van der Waals surface area contributed by atoms with E-state index in [9.17, 15) is 27.6 Å². The van der Waals surface area contributed by atoms with E-state index in [0.29, 0.717) is 0 Å². The number of alkyl halides is 2. The highest BCUT2D eigenvalue weighted by molar-refractivity contribution is 6.31. The molecule has 12 heteroatoms. The van der Waals surface area contributed by atoms with E-state index in [0.717, 1.165) is 15.9 Å². The maximum Gasteiger partial charge on any atom is 0.252 e. The molecule has 2 aromatic carbocycles. The number of benzene rings is 2. The van der Waals surface area contributed by atoms with E-state index in [-0.39, 0.29) is 35.1 Å². The summed E-state index contributed by atoms with van der Waals surface area (Å²) in [5.41, 5.74) is 0.222. The van der Waals surface area contributed by atoms with Gasteiger partial charge >= 0.3 is 0 Å². The molecule has 2 aliphatic rings. The molecule has 0 spiro atoms. The van der Waals surface area contributed by atoms with Crippen molar-refractivity contribution in [2.45, 2.75) is 49.7 Å². The van der Waals surface area contributed by atoms with Crippen molar-refractivity contribution in [3.63, 3.8) is 0 Å². The minimum atomic E-state index is -2.89. The molecule has 2 heterocycles. The molecule has 1 aliphatic carbocycles. The van der Waals surface area contributed by atoms with Crippen LogP contribution >= 0.6 is 11.6 Å². The molecule has 1 aliphatic heterocycles. The quantitative estimate of drug-likeness (QED) is 0.463. The van der Waals surface area contributed by atoms with Gasteiger partial charge in [-0.25, -0.2) is 23.1 Å². The molecule has 1 saturated heterocycles. The molecular formula is C27H23ClF3N5O3. The first-order valence-corrected chi connectivity index (χ1v) is 12.6. The summed E-state index contributed by atoms with van der Waals surface area (Å²) in [6, 6.07) is 9.51. The minimum Gasteiger partial charge on any atom is -0.351 e. The highest BCUT2D eigenvalue weighted by Crippen LogP contribution is 2.39. The van der Waals surface area contributed by atoms with Gasteiger partial charge in [-0.2, -0.15) is 0 Å². The topological polar surface area (TPSA) is 95.5 Å². The first-order valence-electron chi connectivity index (χ1n) is 12.2. The van der Waals surface area contributed by atoms with Gasteiger partial charge in [0.2, 0.25) is 17.8 Å². The zero-order valence-corrected chi connectivity index (χ0v) is 21.2. The van der Waals surface area contributed by atoms with E-state index in [4.69, 9.17) is 11.6 Å². The Bertz CT molecular complexity index is 1400. The van der Waals surface area contributed by atoms with Gasteiger partial charge in [-0.3, -0.25) is 24.2 Å². The van der Waals surface area contributed by atoms with E-state index in [1.54, 1.807) is 18.2 Å². The number of aromatic nitrogens is 2. The summed E-state index contributed by atoms with van der Waals surface area (Å²) in [5.74, 6) is -5.43. The van der Waals surface area contributed by atoms with Crippen molar-refractivity contribution in [2.75, 3.05) is 9.80 Å². The van der Waals surface area contributed by atoms with Crippen molar-refractivity contribution in [3.05, 3.63) is 83.4 Å². The van der Waals surface area contributed by atoms with Crippen LogP contribution in [0.5, 0.6) is 0 Å². The summed E-state index contributed by atoms with van der Waals surface area (Å²) < 4.78 is 41.5. The molecule has 2 fully saturated rings. The lowest BCUT2D eigenvalue weighted by molar-refractivity contribution is -0.133. The Hall–Kier alpha value is -3.99. The number of carbonyl (C=O) groups is 3. The van der Waals surface area contributed by atoms with Gasteiger partial charge < -0.3 is 5.32 Å². The average Bonchev–Trinajstić information content (AvgIpc) is 3.28. The Balaban J connectivity index is 1.60. The summed E-state index contributed by atoms with van der Waals surface area (Å²) in [6.45, 7) is 0. The fraction of sp³-hybridized carbons (Fsp3) is 0.296. The summed E-state index contributed by atoms with van der Waals surface area (Å²) in [7, 11) is 0. The van der Waals surface area contributed by atoms with Gasteiger partial charge in [0.05, 0.1) is 0 Å². The van der Waals surface area contributed by atoms with Crippen molar-refractivity contribution in [3.8, 4) is 0 Å². The van der Waals surface area contributed by atoms with Gasteiger partial charge in [0.25, 0.3) is 11.8 Å². The Labute approximate surface area is 226 Å². The van der Waals surface area contributed by atoms with Gasteiger partial charge in [0, 0.05) is 54.0 Å². The van der Waals surface area contributed by atoms with Crippen LogP contribution in [-0.4, -0.2) is 45.7 Å². The maximum atomic E-state index is 14.4. The largest absolute Gasteiger partial charge is 0.351 e. The summed E-state index contributed by atoms with van der Waals surface area (Å²) in [4.78, 5) is 51.3. The number of hydrogen-bond acceptors (Lipinski definition) is 5. The lowest BCUT2D eigenvalue weighted by Gasteiger charge is -2.39. The predicted octanol–water partition coefficient (Wildman–Crippen LogP) is 4.45. The smallest absolute Gasteiger partial charge is 0.252 e. The van der Waals surface area contributed by atoms with Crippen LogP contribution in [-0.2, 0) is 14.4 Å². The van der Waals surface area contributed by atoms with E-state index in [1.807, 2.05) is 0 Å². The third kappa shape index (κ3) is 5.44. The number of amides is 3. The van der Waals surface area contributed by atoms with Crippen LogP contribution in [0.3, 0.4) is 0 Å². The van der Waals surface area contributed by atoms with Crippen LogP contribution in [0, 0.1) is 5.82 Å². The molecule has 8 nitrogen and oxygen atoms in total. The molecule has 1 aromatic heterocycles. The Morgan fingerprint density at radius 1 is 1.08 bits per heavy atom. The molecule has 1 saturated carbocycles. The number of nitrogens with one attached hydrogen (secondary N) is 1. The first-order chi connectivity index (χ1) is 18.6. The third-order valence-corrected chi connectivity index (χ3v) is 7.08. The normalized spacial score (nSPS) is 19.3. The number of nitrogens with zero attached hydrogens (tertiary/aromatic N) is 4. The standard InChI is InChI=1S/C27H23ClF3N5O3/c28-20-8-2-1-7-19(20)23(24(38)34-17-14-27(30,31)15-17)35(18-6-3-5-16(29)13-18)25(39)21-9-10-22(37)36(21)26-32-11-4-12-33-26/h1-8,11-13,17,21,23H,9-10,14-15H2,(H,34,38). The minimum absolute atomic E-state index is 0.00740. The molecule has 0 radical (unpaired) electrons. The van der Waals surface area contributed by atoms with Crippen LogP contribution in [0.1, 0.15) is 37.3 Å². The molecule has 2 unspecified atom stereocenters. The second-order valence-corrected chi connectivity index (χ2v) is 9.86. The van der Waals surface area contributed by atoms with Crippen molar-refractivity contribution in [1.82, 2.24) is 15.3 Å². The monoisotopic (exact) mass is 557 g/mol. The summed E-state index contributed by atoms with van der Waals surface area (Å²) >= 11 is 6.47. The number of hydrogen-bond donors (Lipinski definition) is 1. The van der Waals surface area contributed by atoms with E-state index >= 15 is 0 Å². The zero-order valence-electron chi connectivity index (χ0n) is 20.4.